The summed E-state index contributed by atoms with van der Waals surface area (Å²) in [7, 11) is 1.59. The molecule has 2 fully saturated rings. The van der Waals surface area contributed by atoms with Gasteiger partial charge < -0.3 is 10.2 Å². The molecule has 4 rings (SSSR count). The standard InChI is InChI=1S/C25H24F3N5O2S/c1-30-21(34)6-4-5-16-7-9-17(10-8-16)33-23(36)32(22(35)24(33)11-2-3-12-24)18-13-19(25(26,27)28)20(14-29)31-15-18/h7-10,13,15H,2-6,11-12H2,1H3,(H,30,34). The molecule has 2 amide bonds. The maximum absolute atomic E-state index is 13.7. The van der Waals surface area contributed by atoms with Gasteiger partial charge in [-0.25, -0.2) is 4.98 Å². The van der Waals surface area contributed by atoms with E-state index >= 15 is 0 Å². The van der Waals surface area contributed by atoms with Gasteiger partial charge in [0.2, 0.25) is 5.91 Å². The molecule has 0 bridgehead atoms. The van der Waals surface area contributed by atoms with Crippen molar-refractivity contribution in [1.82, 2.24) is 10.3 Å². The van der Waals surface area contributed by atoms with Gasteiger partial charge in [-0.15, -0.1) is 0 Å². The van der Waals surface area contributed by atoms with Crippen LogP contribution >= 0.6 is 12.2 Å². The number of aryl methyl sites for hydroxylation is 1. The fourth-order valence-corrected chi connectivity index (χ4v) is 5.40. The lowest BCUT2D eigenvalue weighted by Crippen LogP contribution is -2.47. The second kappa shape index (κ2) is 9.85. The van der Waals surface area contributed by atoms with Gasteiger partial charge in [-0.2, -0.15) is 18.4 Å². The molecule has 1 saturated carbocycles. The summed E-state index contributed by atoms with van der Waals surface area (Å²) in [5.41, 5.74) is -1.38. The normalized spacial score (nSPS) is 17.1. The first-order valence-electron chi connectivity index (χ1n) is 11.6. The average Bonchev–Trinajstić information content (AvgIpc) is 3.42. The van der Waals surface area contributed by atoms with Crippen LogP contribution in [0.5, 0.6) is 0 Å². The molecule has 36 heavy (non-hydrogen) atoms. The maximum atomic E-state index is 13.7. The van der Waals surface area contributed by atoms with E-state index in [0.29, 0.717) is 37.8 Å². The van der Waals surface area contributed by atoms with Crippen molar-refractivity contribution in [2.24, 2.45) is 0 Å². The van der Waals surface area contributed by atoms with Crippen LogP contribution in [0.25, 0.3) is 0 Å². The van der Waals surface area contributed by atoms with E-state index in [1.54, 1.807) is 11.9 Å². The number of amides is 2. The molecule has 7 nitrogen and oxygen atoms in total. The van der Waals surface area contributed by atoms with Crippen molar-refractivity contribution < 1.29 is 22.8 Å². The number of carbonyl (C=O) groups excluding carboxylic acids is 2. The first-order valence-corrected chi connectivity index (χ1v) is 12.0. The second-order valence-electron chi connectivity index (χ2n) is 8.89. The molecule has 2 aromatic rings. The molecule has 2 aliphatic rings. The molecule has 2 heterocycles. The third-order valence-electron chi connectivity index (χ3n) is 6.73. The fraction of sp³-hybridized carbons (Fsp3) is 0.400. The summed E-state index contributed by atoms with van der Waals surface area (Å²) in [5.74, 6) is -0.416. The number of pyridine rings is 1. The number of alkyl halides is 3. The third kappa shape index (κ3) is 4.53. The molecular formula is C25H24F3N5O2S. The number of carbonyl (C=O) groups is 2. The van der Waals surface area contributed by atoms with Gasteiger partial charge in [-0.3, -0.25) is 14.5 Å². The monoisotopic (exact) mass is 515 g/mol. The number of nitriles is 1. The summed E-state index contributed by atoms with van der Waals surface area (Å²) in [6.45, 7) is 0. The number of halogens is 3. The molecule has 1 N–H and O–H groups in total. The zero-order valence-electron chi connectivity index (χ0n) is 19.6. The van der Waals surface area contributed by atoms with Crippen LogP contribution in [0.1, 0.15) is 55.3 Å². The first-order chi connectivity index (χ1) is 17.1. The van der Waals surface area contributed by atoms with Crippen molar-refractivity contribution in [3.8, 4) is 6.07 Å². The first kappa shape index (κ1) is 25.6. The van der Waals surface area contributed by atoms with Crippen LogP contribution in [-0.4, -0.2) is 34.5 Å². The largest absolute Gasteiger partial charge is 0.419 e. The highest BCUT2D eigenvalue weighted by molar-refractivity contribution is 7.81. The smallest absolute Gasteiger partial charge is 0.359 e. The number of benzene rings is 1. The van der Waals surface area contributed by atoms with Gasteiger partial charge in [-0.05, 0) is 61.7 Å². The van der Waals surface area contributed by atoms with E-state index in [4.69, 9.17) is 17.5 Å². The molecular weight excluding hydrogens is 491 g/mol. The molecule has 1 aliphatic heterocycles. The molecule has 1 aliphatic carbocycles. The van der Waals surface area contributed by atoms with E-state index in [-0.39, 0.29) is 22.6 Å². The third-order valence-corrected chi connectivity index (χ3v) is 7.09. The minimum atomic E-state index is -4.81. The van der Waals surface area contributed by atoms with Crippen LogP contribution in [0.15, 0.2) is 36.5 Å². The molecule has 188 valence electrons. The lowest BCUT2D eigenvalue weighted by molar-refractivity contribution is -0.138. The second-order valence-corrected chi connectivity index (χ2v) is 9.25. The Hall–Kier alpha value is -3.52. The van der Waals surface area contributed by atoms with Crippen LogP contribution in [0, 0.1) is 11.3 Å². The van der Waals surface area contributed by atoms with Gasteiger partial charge in [-0.1, -0.05) is 25.0 Å². The Morgan fingerprint density at radius 3 is 2.47 bits per heavy atom. The van der Waals surface area contributed by atoms with E-state index in [0.717, 1.165) is 35.6 Å². The zero-order chi connectivity index (χ0) is 26.1. The number of hydrogen-bond donors (Lipinski definition) is 1. The number of rotatable bonds is 6. The molecule has 1 spiro atoms. The molecule has 1 aromatic heterocycles. The van der Waals surface area contributed by atoms with Crippen LogP contribution in [0.2, 0.25) is 0 Å². The lowest BCUT2D eigenvalue weighted by atomic mass is 9.94. The van der Waals surface area contributed by atoms with Crippen LogP contribution in [-0.2, 0) is 22.2 Å². The Balaban J connectivity index is 1.67. The number of nitrogens with one attached hydrogen (secondary N) is 1. The Labute approximate surface area is 211 Å². The average molecular weight is 516 g/mol. The van der Waals surface area contributed by atoms with Crippen LogP contribution in [0.4, 0.5) is 24.5 Å². The number of aromatic nitrogens is 1. The Bertz CT molecular complexity index is 1230. The van der Waals surface area contributed by atoms with Crippen LogP contribution < -0.4 is 15.1 Å². The van der Waals surface area contributed by atoms with Gasteiger partial charge >= 0.3 is 6.18 Å². The Morgan fingerprint density at radius 1 is 1.22 bits per heavy atom. The highest BCUT2D eigenvalue weighted by atomic mass is 32.1. The van der Waals surface area contributed by atoms with Crippen molar-refractivity contribution in [3.63, 3.8) is 0 Å². The highest BCUT2D eigenvalue weighted by Crippen LogP contribution is 2.46. The summed E-state index contributed by atoms with van der Waals surface area (Å²) in [6.07, 6.45) is 0.690. The quantitative estimate of drug-likeness (QED) is 0.571. The number of thiocarbonyl (C=S) groups is 1. The van der Waals surface area contributed by atoms with E-state index in [1.807, 2.05) is 24.3 Å². The highest BCUT2D eigenvalue weighted by Gasteiger charge is 2.57. The van der Waals surface area contributed by atoms with Crippen LogP contribution in [0.3, 0.4) is 0 Å². The summed E-state index contributed by atoms with van der Waals surface area (Å²) in [6, 6.07) is 9.71. The van der Waals surface area contributed by atoms with Crippen molar-refractivity contribution in [1.29, 1.82) is 5.26 Å². The fourth-order valence-electron chi connectivity index (χ4n) is 4.93. The van der Waals surface area contributed by atoms with Gasteiger partial charge in [0, 0.05) is 19.2 Å². The SMILES string of the molecule is CNC(=O)CCCc1ccc(N2C(=S)N(c3cnc(C#N)c(C(F)(F)F)c3)C(=O)C23CCCC3)cc1. The van der Waals surface area contributed by atoms with Crippen molar-refractivity contribution in [2.75, 3.05) is 16.8 Å². The van der Waals surface area contributed by atoms with E-state index in [1.165, 1.54) is 6.07 Å². The summed E-state index contributed by atoms with van der Waals surface area (Å²) in [5, 5.41) is 11.7. The van der Waals surface area contributed by atoms with E-state index < -0.39 is 23.0 Å². The lowest BCUT2D eigenvalue weighted by Gasteiger charge is -2.32. The molecule has 11 heteroatoms. The molecule has 1 aromatic carbocycles. The summed E-state index contributed by atoms with van der Waals surface area (Å²) < 4.78 is 40.7. The predicted octanol–water partition coefficient (Wildman–Crippen LogP) is 4.49. The topological polar surface area (TPSA) is 89.3 Å². The number of hydrogen-bond acceptors (Lipinski definition) is 5. The summed E-state index contributed by atoms with van der Waals surface area (Å²) in [4.78, 5) is 31.7. The molecule has 0 radical (unpaired) electrons. The van der Waals surface area contributed by atoms with E-state index in [2.05, 4.69) is 10.3 Å². The maximum Gasteiger partial charge on any atom is 0.419 e. The van der Waals surface area contributed by atoms with Crippen molar-refractivity contribution in [3.05, 3.63) is 53.3 Å². The number of anilines is 2. The molecule has 0 unspecified atom stereocenters. The predicted molar refractivity (Wildman–Crippen MR) is 131 cm³/mol. The minimum absolute atomic E-state index is 0.0261. The Kier molecular flexibility index (Phi) is 7.00. The number of nitrogens with zero attached hydrogens (tertiary/aromatic N) is 4. The van der Waals surface area contributed by atoms with Gasteiger partial charge in [0.05, 0.1) is 17.4 Å². The van der Waals surface area contributed by atoms with Crippen molar-refractivity contribution in [2.45, 2.75) is 56.7 Å². The van der Waals surface area contributed by atoms with Crippen molar-refractivity contribution >= 4 is 40.5 Å². The van der Waals surface area contributed by atoms with Gasteiger partial charge in [0.15, 0.2) is 10.8 Å². The van der Waals surface area contributed by atoms with E-state index in [9.17, 15) is 22.8 Å². The zero-order valence-corrected chi connectivity index (χ0v) is 20.4. The van der Waals surface area contributed by atoms with Gasteiger partial charge in [0.1, 0.15) is 11.6 Å². The van der Waals surface area contributed by atoms with Gasteiger partial charge in [0.25, 0.3) is 5.91 Å². The molecule has 0 atom stereocenters. The molecule has 1 saturated heterocycles. The summed E-state index contributed by atoms with van der Waals surface area (Å²) >= 11 is 5.67. The Morgan fingerprint density at radius 2 is 1.89 bits per heavy atom. The minimum Gasteiger partial charge on any atom is -0.359 e.